The first kappa shape index (κ1) is 12.2. The Morgan fingerprint density at radius 1 is 1.00 bits per heavy atom. The smallest absolute Gasteiger partial charge is 0.223 e. The molecule has 1 aliphatic carbocycles. The van der Waals surface area contributed by atoms with Crippen LogP contribution in [-0.2, 0) is 0 Å². The molecule has 0 radical (unpaired) electrons. The second kappa shape index (κ2) is 4.22. The summed E-state index contributed by atoms with van der Waals surface area (Å²) in [7, 11) is 2.21. The molecule has 4 rings (SSSR count). The summed E-state index contributed by atoms with van der Waals surface area (Å²) in [5, 5.41) is 0. The molecule has 1 aromatic heterocycles. The normalized spacial score (nSPS) is 29.9. The van der Waals surface area contributed by atoms with E-state index >= 15 is 0 Å². The van der Waals surface area contributed by atoms with Gasteiger partial charge in [-0.25, -0.2) is 0 Å². The summed E-state index contributed by atoms with van der Waals surface area (Å²) in [6.07, 6.45) is 2.40. The van der Waals surface area contributed by atoms with E-state index in [9.17, 15) is 0 Å². The van der Waals surface area contributed by atoms with Gasteiger partial charge in [-0.3, -0.25) is 0 Å². The van der Waals surface area contributed by atoms with Crippen LogP contribution in [0.4, 0.5) is 17.6 Å². The molecule has 2 saturated heterocycles. The lowest BCUT2D eigenvalue weighted by Crippen LogP contribution is -2.28. The molecule has 108 valence electrons. The fourth-order valence-electron chi connectivity index (χ4n) is 3.90. The number of likely N-dealkylation sites (tertiary alicyclic amines) is 1. The molecule has 1 aromatic rings. The summed E-state index contributed by atoms with van der Waals surface area (Å²) < 4.78 is 0. The van der Waals surface area contributed by atoms with E-state index in [1.807, 2.05) is 0 Å². The van der Waals surface area contributed by atoms with Crippen LogP contribution in [0.2, 0.25) is 0 Å². The highest BCUT2D eigenvalue weighted by atomic mass is 15.3. The summed E-state index contributed by atoms with van der Waals surface area (Å²) in [4.78, 5) is 13.5. The van der Waals surface area contributed by atoms with Gasteiger partial charge in [0, 0.05) is 31.7 Å². The van der Waals surface area contributed by atoms with E-state index < -0.39 is 0 Å². The van der Waals surface area contributed by atoms with E-state index in [-0.39, 0.29) is 0 Å². The number of fused-ring (bicyclic) bond motifs is 1. The van der Waals surface area contributed by atoms with Crippen LogP contribution >= 0.6 is 0 Å². The van der Waals surface area contributed by atoms with Gasteiger partial charge in [-0.15, -0.1) is 0 Å². The van der Waals surface area contributed by atoms with Gasteiger partial charge in [-0.1, -0.05) is 0 Å². The minimum Gasteiger partial charge on any atom is -0.383 e. The molecule has 6 nitrogen and oxygen atoms in total. The SMILES string of the molecule is CN1CC2CN(c3nc(N)nc(N)c3C3CC3)CC2C1. The standard InChI is InChI=1S/C14H22N6/c1-19-4-9-6-20(7-10(9)5-19)13-11(8-2-3-8)12(15)17-14(16)18-13/h8-10H,2-7H2,1H3,(H4,15,16,17,18). The molecule has 3 fully saturated rings. The molecular formula is C14H22N6. The maximum absolute atomic E-state index is 6.10. The van der Waals surface area contributed by atoms with Gasteiger partial charge >= 0.3 is 0 Å². The third-order valence-electron chi connectivity index (χ3n) is 4.93. The number of nitrogens with two attached hydrogens (primary N) is 2. The van der Waals surface area contributed by atoms with Crippen molar-refractivity contribution in [3.8, 4) is 0 Å². The van der Waals surface area contributed by atoms with E-state index in [1.165, 1.54) is 25.9 Å². The topological polar surface area (TPSA) is 84.3 Å². The van der Waals surface area contributed by atoms with Crippen molar-refractivity contribution in [2.75, 3.05) is 49.6 Å². The Morgan fingerprint density at radius 3 is 2.25 bits per heavy atom. The number of rotatable bonds is 2. The number of aromatic nitrogens is 2. The number of nitrogen functional groups attached to an aromatic ring is 2. The average Bonchev–Trinajstić information content (AvgIpc) is 3.02. The highest BCUT2D eigenvalue weighted by Gasteiger charge is 2.41. The van der Waals surface area contributed by atoms with Crippen LogP contribution in [0.25, 0.3) is 0 Å². The maximum atomic E-state index is 6.10. The van der Waals surface area contributed by atoms with Crippen molar-refractivity contribution in [3.05, 3.63) is 5.56 Å². The molecule has 4 N–H and O–H groups in total. The maximum Gasteiger partial charge on any atom is 0.223 e. The minimum absolute atomic E-state index is 0.302. The van der Waals surface area contributed by atoms with Gasteiger partial charge in [0.25, 0.3) is 0 Å². The Kier molecular flexibility index (Phi) is 2.57. The van der Waals surface area contributed by atoms with Crippen LogP contribution in [-0.4, -0.2) is 48.1 Å². The fraction of sp³-hybridized carbons (Fsp3) is 0.714. The zero-order chi connectivity index (χ0) is 13.9. The predicted octanol–water partition coefficient (Wildman–Crippen LogP) is 0.516. The highest BCUT2D eigenvalue weighted by molar-refractivity contribution is 5.63. The zero-order valence-electron chi connectivity index (χ0n) is 11.9. The summed E-state index contributed by atoms with van der Waals surface area (Å²) in [6.45, 7) is 4.53. The third-order valence-corrected chi connectivity index (χ3v) is 4.93. The van der Waals surface area contributed by atoms with Crippen LogP contribution in [0.3, 0.4) is 0 Å². The Balaban J connectivity index is 1.66. The lowest BCUT2D eigenvalue weighted by molar-refractivity contribution is 0.387. The van der Waals surface area contributed by atoms with Gasteiger partial charge in [0.15, 0.2) is 0 Å². The predicted molar refractivity (Wildman–Crippen MR) is 79.5 cm³/mol. The molecule has 0 aromatic carbocycles. The lowest BCUT2D eigenvalue weighted by Gasteiger charge is -2.23. The van der Waals surface area contributed by atoms with E-state index in [2.05, 4.69) is 26.8 Å². The van der Waals surface area contributed by atoms with Crippen molar-refractivity contribution in [2.24, 2.45) is 11.8 Å². The number of hydrogen-bond acceptors (Lipinski definition) is 6. The Hall–Kier alpha value is -1.56. The Bertz CT molecular complexity index is 527. The fourth-order valence-corrected chi connectivity index (χ4v) is 3.90. The monoisotopic (exact) mass is 274 g/mol. The first-order valence-electron chi connectivity index (χ1n) is 7.48. The third kappa shape index (κ3) is 1.90. The molecule has 2 unspecified atom stereocenters. The van der Waals surface area contributed by atoms with E-state index in [0.29, 0.717) is 17.7 Å². The first-order valence-corrected chi connectivity index (χ1v) is 7.48. The van der Waals surface area contributed by atoms with E-state index in [0.717, 1.165) is 36.3 Å². The molecule has 0 spiro atoms. The van der Waals surface area contributed by atoms with Gasteiger partial charge in [0.05, 0.1) is 0 Å². The van der Waals surface area contributed by atoms with Crippen LogP contribution < -0.4 is 16.4 Å². The van der Waals surface area contributed by atoms with E-state index in [4.69, 9.17) is 11.5 Å². The van der Waals surface area contributed by atoms with Crippen LogP contribution in [0.1, 0.15) is 24.3 Å². The van der Waals surface area contributed by atoms with Crippen molar-refractivity contribution in [3.63, 3.8) is 0 Å². The number of nitrogens with zero attached hydrogens (tertiary/aromatic N) is 4. The number of anilines is 3. The second-order valence-corrected chi connectivity index (χ2v) is 6.62. The van der Waals surface area contributed by atoms with Crippen molar-refractivity contribution in [1.29, 1.82) is 0 Å². The Labute approximate surface area is 119 Å². The Morgan fingerprint density at radius 2 is 1.65 bits per heavy atom. The van der Waals surface area contributed by atoms with Crippen molar-refractivity contribution in [2.45, 2.75) is 18.8 Å². The molecule has 0 amide bonds. The highest BCUT2D eigenvalue weighted by Crippen LogP contribution is 2.47. The molecule has 0 bridgehead atoms. The van der Waals surface area contributed by atoms with E-state index in [1.54, 1.807) is 0 Å². The van der Waals surface area contributed by atoms with Crippen LogP contribution in [0.5, 0.6) is 0 Å². The van der Waals surface area contributed by atoms with Gasteiger partial charge in [0.1, 0.15) is 11.6 Å². The minimum atomic E-state index is 0.302. The molecule has 6 heteroatoms. The van der Waals surface area contributed by atoms with Crippen LogP contribution in [0.15, 0.2) is 0 Å². The molecule has 2 aliphatic heterocycles. The molecule has 3 heterocycles. The largest absolute Gasteiger partial charge is 0.383 e. The van der Waals surface area contributed by atoms with Crippen molar-refractivity contribution in [1.82, 2.24) is 14.9 Å². The molecule has 3 aliphatic rings. The van der Waals surface area contributed by atoms with Crippen molar-refractivity contribution < 1.29 is 0 Å². The summed E-state index contributed by atoms with van der Waals surface area (Å²) in [5.74, 6) is 3.96. The molecule has 1 saturated carbocycles. The van der Waals surface area contributed by atoms with Crippen molar-refractivity contribution >= 4 is 17.6 Å². The molecular weight excluding hydrogens is 252 g/mol. The number of hydrogen-bond donors (Lipinski definition) is 2. The van der Waals surface area contributed by atoms with Gasteiger partial charge < -0.3 is 21.3 Å². The zero-order valence-corrected chi connectivity index (χ0v) is 11.9. The second-order valence-electron chi connectivity index (χ2n) is 6.62. The van der Waals surface area contributed by atoms with Crippen LogP contribution in [0, 0.1) is 11.8 Å². The molecule has 20 heavy (non-hydrogen) atoms. The van der Waals surface area contributed by atoms with Gasteiger partial charge in [0.2, 0.25) is 5.95 Å². The summed E-state index contributed by atoms with van der Waals surface area (Å²) in [6, 6.07) is 0. The first-order chi connectivity index (χ1) is 9.61. The van der Waals surface area contributed by atoms with Gasteiger partial charge in [-0.2, -0.15) is 9.97 Å². The lowest BCUT2D eigenvalue weighted by atomic mass is 10.0. The average molecular weight is 274 g/mol. The summed E-state index contributed by atoms with van der Waals surface area (Å²) >= 11 is 0. The molecule has 2 atom stereocenters. The van der Waals surface area contributed by atoms with Gasteiger partial charge in [-0.05, 0) is 37.6 Å². The quantitative estimate of drug-likeness (QED) is 0.818. The summed E-state index contributed by atoms with van der Waals surface area (Å²) in [5.41, 5.74) is 13.1.